The van der Waals surface area contributed by atoms with E-state index in [9.17, 15) is 4.79 Å². The Morgan fingerprint density at radius 2 is 1.74 bits per heavy atom. The molecule has 1 atom stereocenters. The van der Waals surface area contributed by atoms with Crippen LogP contribution in [-0.4, -0.2) is 49.5 Å². The summed E-state index contributed by atoms with van der Waals surface area (Å²) in [5.41, 5.74) is 2.00. The van der Waals surface area contributed by atoms with Crippen molar-refractivity contribution in [3.05, 3.63) is 83.1 Å². The van der Waals surface area contributed by atoms with Crippen LogP contribution in [-0.2, 0) is 11.3 Å². The van der Waals surface area contributed by atoms with E-state index in [1.165, 1.54) is 13.1 Å². The van der Waals surface area contributed by atoms with Crippen LogP contribution in [0.25, 0.3) is 0 Å². The van der Waals surface area contributed by atoms with Crippen LogP contribution in [0.2, 0.25) is 0 Å². The minimum absolute atomic E-state index is 0.0151. The molecule has 1 aromatic heterocycles. The molecule has 34 heavy (non-hydrogen) atoms. The molecule has 0 saturated carbocycles. The molecule has 6 rings (SSSR count). The van der Waals surface area contributed by atoms with Crippen molar-refractivity contribution < 1.29 is 18.8 Å². The number of ether oxygens (including phenoxy) is 2. The zero-order valence-electron chi connectivity index (χ0n) is 19.6. The number of piperidine rings is 3. The molecule has 3 aromatic rings. The Hall–Kier alpha value is -2.83. The number of hydrogen-bond donors (Lipinski definition) is 0. The summed E-state index contributed by atoms with van der Waals surface area (Å²) in [4.78, 5) is 15.2. The van der Waals surface area contributed by atoms with E-state index in [4.69, 9.17) is 9.47 Å². The number of amides is 1. The minimum Gasteiger partial charge on any atom is -0.493 e. The number of anilines is 1. The first kappa shape index (κ1) is 22.9. The maximum absolute atomic E-state index is 13.4. The van der Waals surface area contributed by atoms with Gasteiger partial charge in [0.2, 0.25) is 0 Å². The molecule has 3 aliphatic heterocycles. The first-order valence-electron chi connectivity index (χ1n) is 12.3. The third-order valence-electron chi connectivity index (χ3n) is 7.29. The van der Waals surface area contributed by atoms with E-state index in [0.717, 1.165) is 60.4 Å². The van der Waals surface area contributed by atoms with Gasteiger partial charge in [-0.3, -0.25) is 4.90 Å². The van der Waals surface area contributed by atoms with Crippen molar-refractivity contribution in [2.24, 2.45) is 5.92 Å². The average Bonchev–Trinajstić information content (AvgIpc) is 3.40. The molecule has 3 aliphatic rings. The summed E-state index contributed by atoms with van der Waals surface area (Å²) in [5, 5.41) is 4.14. The molecule has 0 radical (unpaired) electrons. The van der Waals surface area contributed by atoms with E-state index in [0.29, 0.717) is 12.5 Å². The lowest BCUT2D eigenvalue weighted by molar-refractivity contribution is -0.946. The Morgan fingerprint density at radius 3 is 2.44 bits per heavy atom. The van der Waals surface area contributed by atoms with E-state index in [-0.39, 0.29) is 12.2 Å². The van der Waals surface area contributed by atoms with E-state index < -0.39 is 0 Å². The van der Waals surface area contributed by atoms with Gasteiger partial charge in [0.15, 0.2) is 6.10 Å². The first-order chi connectivity index (χ1) is 16.7. The van der Waals surface area contributed by atoms with Crippen LogP contribution in [0.3, 0.4) is 0 Å². The third kappa shape index (κ3) is 5.45. The smallest absolute Gasteiger partial charge is 0.415 e. The highest BCUT2D eigenvalue weighted by Crippen LogP contribution is 2.36. The number of nitrogens with zero attached hydrogens (tertiary/aromatic N) is 2. The molecule has 1 amide bonds. The largest absolute Gasteiger partial charge is 0.493 e. The minimum atomic E-state index is -0.235. The predicted octanol–water partition coefficient (Wildman–Crippen LogP) is 5.97. The highest BCUT2D eigenvalue weighted by Gasteiger charge is 2.47. The van der Waals surface area contributed by atoms with Crippen LogP contribution in [0.1, 0.15) is 24.8 Å². The van der Waals surface area contributed by atoms with E-state index >= 15 is 0 Å². The van der Waals surface area contributed by atoms with Gasteiger partial charge in [-0.25, -0.2) is 4.79 Å². The standard InChI is InChI=1S/C28H33N2O3S/c31-28(29(20-23-14-19-34-22-23)25-8-3-1-4-9-25)33-27-21-30(16-12-24(27)13-17-30)15-7-18-32-26-10-5-2-6-11-26/h1-6,8-11,14,19,22,24,27H,7,12-13,15-18,20-21H2/q+1/t24?,27-,30?/m0/s1. The molecule has 0 unspecified atom stereocenters. The SMILES string of the molecule is O=C(O[C@H]1C[N+]2(CCCOc3ccccc3)CCC1CC2)N(Cc1ccsc1)c1ccccc1. The molecule has 178 valence electrons. The van der Waals surface area contributed by atoms with Gasteiger partial charge >= 0.3 is 6.09 Å². The summed E-state index contributed by atoms with van der Waals surface area (Å²) >= 11 is 1.65. The fraction of sp³-hybridized carbons (Fsp3) is 0.393. The normalized spacial score (nSPS) is 23.4. The predicted molar refractivity (Wildman–Crippen MR) is 136 cm³/mol. The lowest BCUT2D eigenvalue weighted by atomic mass is 9.83. The van der Waals surface area contributed by atoms with Gasteiger partial charge in [0.25, 0.3) is 0 Å². The lowest BCUT2D eigenvalue weighted by Gasteiger charge is -2.52. The van der Waals surface area contributed by atoms with Gasteiger partial charge < -0.3 is 14.0 Å². The van der Waals surface area contributed by atoms with Crippen molar-refractivity contribution in [3.63, 3.8) is 0 Å². The first-order valence-corrected chi connectivity index (χ1v) is 13.2. The third-order valence-corrected chi connectivity index (χ3v) is 8.02. The summed E-state index contributed by atoms with van der Waals surface area (Å²) in [6.07, 6.45) is 3.02. The Labute approximate surface area is 206 Å². The second-order valence-electron chi connectivity index (χ2n) is 9.52. The topological polar surface area (TPSA) is 38.8 Å². The highest BCUT2D eigenvalue weighted by molar-refractivity contribution is 7.07. The van der Waals surface area contributed by atoms with E-state index in [1.807, 2.05) is 66.0 Å². The molecule has 0 aliphatic carbocycles. The Balaban J connectivity index is 1.20. The summed E-state index contributed by atoms with van der Waals surface area (Å²) in [6, 6.07) is 21.9. The Bertz CT molecular complexity index is 1030. The van der Waals surface area contributed by atoms with E-state index in [2.05, 4.69) is 11.4 Å². The van der Waals surface area contributed by atoms with Crippen LogP contribution < -0.4 is 9.64 Å². The molecule has 5 nitrogen and oxygen atoms in total. The number of carbonyl (C=O) groups is 1. The summed E-state index contributed by atoms with van der Waals surface area (Å²) in [6.45, 7) is 5.61. The average molecular weight is 478 g/mol. The van der Waals surface area contributed by atoms with E-state index in [1.54, 1.807) is 16.2 Å². The van der Waals surface area contributed by atoms with Crippen molar-refractivity contribution in [2.75, 3.05) is 37.7 Å². The number of quaternary nitrogens is 1. The van der Waals surface area contributed by atoms with Crippen LogP contribution in [0.4, 0.5) is 10.5 Å². The number of hydrogen-bond acceptors (Lipinski definition) is 4. The Morgan fingerprint density at radius 1 is 1.00 bits per heavy atom. The molecule has 6 heteroatoms. The molecule has 4 heterocycles. The summed E-state index contributed by atoms with van der Waals surface area (Å²) < 4.78 is 13.2. The highest BCUT2D eigenvalue weighted by atomic mass is 32.1. The maximum Gasteiger partial charge on any atom is 0.415 e. The Kier molecular flexibility index (Phi) is 7.16. The van der Waals surface area contributed by atoms with Gasteiger partial charge in [-0.1, -0.05) is 36.4 Å². The number of para-hydroxylation sites is 2. The molecule has 3 saturated heterocycles. The van der Waals surface area contributed by atoms with Crippen LogP contribution in [0, 0.1) is 5.92 Å². The molecular formula is C28H33N2O3S+. The molecular weight excluding hydrogens is 444 g/mol. The number of benzene rings is 2. The van der Waals surface area contributed by atoms with Crippen LogP contribution >= 0.6 is 11.3 Å². The van der Waals surface area contributed by atoms with Crippen molar-refractivity contribution in [2.45, 2.75) is 31.9 Å². The summed E-state index contributed by atoms with van der Waals surface area (Å²) in [7, 11) is 0. The number of fused-ring (bicyclic) bond motifs is 3. The lowest BCUT2D eigenvalue weighted by Crippen LogP contribution is -2.65. The van der Waals surface area contributed by atoms with Crippen molar-refractivity contribution in [3.8, 4) is 5.75 Å². The van der Waals surface area contributed by atoms with Gasteiger partial charge in [0, 0.05) is 30.9 Å². The zero-order chi connectivity index (χ0) is 23.2. The molecule has 2 aromatic carbocycles. The monoisotopic (exact) mass is 477 g/mol. The number of thiophene rings is 1. The second kappa shape index (κ2) is 10.6. The molecule has 3 fully saturated rings. The molecule has 0 spiro atoms. The van der Waals surface area contributed by atoms with Gasteiger partial charge in [0.05, 0.1) is 32.8 Å². The maximum atomic E-state index is 13.4. The van der Waals surface area contributed by atoms with Crippen molar-refractivity contribution in [1.82, 2.24) is 0 Å². The molecule has 0 N–H and O–H groups in total. The quantitative estimate of drug-likeness (QED) is 0.282. The molecule has 2 bridgehead atoms. The number of carbonyl (C=O) groups excluding carboxylic acids is 1. The van der Waals surface area contributed by atoms with Crippen molar-refractivity contribution >= 4 is 23.1 Å². The fourth-order valence-electron chi connectivity index (χ4n) is 5.40. The zero-order valence-corrected chi connectivity index (χ0v) is 20.4. The van der Waals surface area contributed by atoms with Crippen molar-refractivity contribution in [1.29, 1.82) is 0 Å². The van der Waals surface area contributed by atoms with Crippen LogP contribution in [0.15, 0.2) is 77.5 Å². The van der Waals surface area contributed by atoms with Crippen LogP contribution in [0.5, 0.6) is 5.75 Å². The number of rotatable bonds is 9. The fourth-order valence-corrected chi connectivity index (χ4v) is 6.06. The van der Waals surface area contributed by atoms with Gasteiger partial charge in [-0.2, -0.15) is 11.3 Å². The van der Waals surface area contributed by atoms with Gasteiger partial charge in [0.1, 0.15) is 12.3 Å². The van der Waals surface area contributed by atoms with Gasteiger partial charge in [-0.05, 0) is 46.7 Å². The second-order valence-corrected chi connectivity index (χ2v) is 10.3. The van der Waals surface area contributed by atoms with Gasteiger partial charge in [-0.15, -0.1) is 0 Å². The summed E-state index contributed by atoms with van der Waals surface area (Å²) in [5.74, 6) is 1.40.